The second-order valence-electron chi connectivity index (χ2n) is 5.92. The zero-order chi connectivity index (χ0) is 17.9. The summed E-state index contributed by atoms with van der Waals surface area (Å²) in [5.74, 6) is 0.603. The van der Waals surface area contributed by atoms with Crippen molar-refractivity contribution in [1.82, 2.24) is 15.5 Å². The van der Waals surface area contributed by atoms with Gasteiger partial charge >= 0.3 is 0 Å². The molecular formula is C18H31IN4O2. The van der Waals surface area contributed by atoms with Crippen LogP contribution in [0, 0.1) is 13.8 Å². The van der Waals surface area contributed by atoms with Crippen LogP contribution in [0.2, 0.25) is 0 Å². The number of benzene rings is 1. The molecule has 0 unspecified atom stereocenters. The normalized spacial score (nSPS) is 10.8. The number of ether oxygens (including phenoxy) is 1. The van der Waals surface area contributed by atoms with Gasteiger partial charge in [-0.1, -0.05) is 18.2 Å². The van der Waals surface area contributed by atoms with Crippen LogP contribution in [-0.4, -0.2) is 64.2 Å². The van der Waals surface area contributed by atoms with Crippen molar-refractivity contribution in [2.24, 2.45) is 4.99 Å². The number of likely N-dealkylation sites (N-methyl/N-ethyl adjacent to an activating group) is 1. The molecule has 1 rings (SSSR count). The van der Waals surface area contributed by atoms with Gasteiger partial charge in [-0.3, -0.25) is 4.79 Å². The zero-order valence-corrected chi connectivity index (χ0v) is 18.2. The Morgan fingerprint density at radius 1 is 1.16 bits per heavy atom. The molecule has 2 N–H and O–H groups in total. The Kier molecular flexibility index (Phi) is 12.2. The first kappa shape index (κ1) is 23.6. The summed E-state index contributed by atoms with van der Waals surface area (Å²) < 4.78 is 5.04. The smallest absolute Gasteiger partial charge is 0.243 e. The summed E-state index contributed by atoms with van der Waals surface area (Å²) >= 11 is 0. The van der Waals surface area contributed by atoms with Crippen molar-refractivity contribution in [3.63, 3.8) is 0 Å². The fraction of sp³-hybridized carbons (Fsp3) is 0.556. The van der Waals surface area contributed by atoms with E-state index in [0.29, 0.717) is 19.1 Å². The van der Waals surface area contributed by atoms with E-state index >= 15 is 0 Å². The van der Waals surface area contributed by atoms with Gasteiger partial charge in [-0.2, -0.15) is 0 Å². The predicted octanol–water partition coefficient (Wildman–Crippen LogP) is 1.73. The second-order valence-corrected chi connectivity index (χ2v) is 5.92. The third-order valence-corrected chi connectivity index (χ3v) is 3.78. The molecular weight excluding hydrogens is 431 g/mol. The maximum Gasteiger partial charge on any atom is 0.243 e. The summed E-state index contributed by atoms with van der Waals surface area (Å²) in [6.07, 6.45) is 0.908. The topological polar surface area (TPSA) is 66.0 Å². The van der Waals surface area contributed by atoms with Crippen molar-refractivity contribution in [3.05, 3.63) is 34.9 Å². The zero-order valence-electron chi connectivity index (χ0n) is 15.9. The fourth-order valence-electron chi connectivity index (χ4n) is 2.28. The van der Waals surface area contributed by atoms with Crippen molar-refractivity contribution < 1.29 is 9.53 Å². The number of hydrogen-bond donors (Lipinski definition) is 2. The van der Waals surface area contributed by atoms with Crippen molar-refractivity contribution in [2.75, 3.05) is 47.4 Å². The third kappa shape index (κ3) is 9.06. The number of carbonyl (C=O) groups excluding carboxylic acids is 1. The molecule has 0 spiro atoms. The molecule has 0 fully saturated rings. The van der Waals surface area contributed by atoms with E-state index in [-0.39, 0.29) is 36.4 Å². The number of hydrogen-bond acceptors (Lipinski definition) is 3. The summed E-state index contributed by atoms with van der Waals surface area (Å²) in [5, 5.41) is 6.46. The largest absolute Gasteiger partial charge is 0.383 e. The number of aliphatic imine (C=N–C) groups is 1. The van der Waals surface area contributed by atoms with E-state index in [0.717, 1.165) is 13.0 Å². The average molecular weight is 462 g/mol. The number of aryl methyl sites for hydroxylation is 2. The first-order chi connectivity index (χ1) is 11.5. The van der Waals surface area contributed by atoms with Crippen LogP contribution in [0.15, 0.2) is 23.2 Å². The Hall–Kier alpha value is -1.35. The number of guanidine groups is 1. The van der Waals surface area contributed by atoms with E-state index in [4.69, 9.17) is 4.74 Å². The van der Waals surface area contributed by atoms with Crippen molar-refractivity contribution >= 4 is 35.8 Å². The number of carbonyl (C=O) groups is 1. The summed E-state index contributed by atoms with van der Waals surface area (Å²) in [6.45, 7) is 6.36. The highest BCUT2D eigenvalue weighted by atomic mass is 127. The second kappa shape index (κ2) is 12.9. The van der Waals surface area contributed by atoms with Crippen LogP contribution in [-0.2, 0) is 16.0 Å². The lowest BCUT2D eigenvalue weighted by Crippen LogP contribution is -2.41. The van der Waals surface area contributed by atoms with Gasteiger partial charge in [-0.15, -0.1) is 24.0 Å². The number of methoxy groups -OCH3 is 1. The highest BCUT2D eigenvalue weighted by Gasteiger charge is 2.06. The molecule has 0 bridgehead atoms. The van der Waals surface area contributed by atoms with Gasteiger partial charge in [0.2, 0.25) is 5.91 Å². The Labute approximate surface area is 168 Å². The van der Waals surface area contributed by atoms with E-state index in [2.05, 4.69) is 47.7 Å². The van der Waals surface area contributed by atoms with Crippen molar-refractivity contribution in [3.8, 4) is 0 Å². The molecule has 25 heavy (non-hydrogen) atoms. The minimum absolute atomic E-state index is 0. The Balaban J connectivity index is 0.00000576. The molecule has 0 aliphatic carbocycles. The van der Waals surface area contributed by atoms with Crippen LogP contribution in [0.1, 0.15) is 16.7 Å². The van der Waals surface area contributed by atoms with Crippen LogP contribution in [0.3, 0.4) is 0 Å². The molecule has 0 heterocycles. The van der Waals surface area contributed by atoms with E-state index < -0.39 is 0 Å². The number of rotatable bonds is 8. The number of nitrogens with one attached hydrogen (secondary N) is 2. The lowest BCUT2D eigenvalue weighted by Gasteiger charge is -2.15. The molecule has 1 aromatic rings. The maximum atomic E-state index is 11.7. The fourth-order valence-corrected chi connectivity index (χ4v) is 2.28. The molecule has 7 heteroatoms. The number of amides is 1. The summed E-state index contributed by atoms with van der Waals surface area (Å²) in [5.41, 5.74) is 3.95. The molecule has 1 amide bonds. The quantitative estimate of drug-likeness (QED) is 0.267. The molecule has 6 nitrogen and oxygen atoms in total. The SMILES string of the molecule is COCCNC(=NCC(=O)N(C)C)NCCc1c(C)cccc1C.I. The molecule has 142 valence electrons. The van der Waals surface area contributed by atoms with Gasteiger partial charge in [0.05, 0.1) is 6.61 Å². The van der Waals surface area contributed by atoms with Crippen LogP contribution < -0.4 is 10.6 Å². The van der Waals surface area contributed by atoms with Gasteiger partial charge < -0.3 is 20.3 Å². The van der Waals surface area contributed by atoms with E-state index in [1.807, 2.05) is 0 Å². The molecule has 0 aromatic heterocycles. The van der Waals surface area contributed by atoms with Gasteiger partial charge in [0.1, 0.15) is 6.54 Å². The lowest BCUT2D eigenvalue weighted by molar-refractivity contribution is -0.127. The van der Waals surface area contributed by atoms with E-state index in [9.17, 15) is 4.79 Å². The van der Waals surface area contributed by atoms with Crippen LogP contribution in [0.25, 0.3) is 0 Å². The summed E-state index contributed by atoms with van der Waals surface area (Å²) in [7, 11) is 5.11. The predicted molar refractivity (Wildman–Crippen MR) is 114 cm³/mol. The van der Waals surface area contributed by atoms with E-state index in [1.54, 1.807) is 21.2 Å². The minimum Gasteiger partial charge on any atom is -0.383 e. The lowest BCUT2D eigenvalue weighted by atomic mass is 10.0. The molecule has 0 aliphatic heterocycles. The minimum atomic E-state index is -0.0300. The third-order valence-electron chi connectivity index (χ3n) is 3.78. The van der Waals surface area contributed by atoms with E-state index in [1.165, 1.54) is 21.6 Å². The van der Waals surface area contributed by atoms with Gasteiger partial charge in [0, 0.05) is 34.3 Å². The Morgan fingerprint density at radius 2 is 1.76 bits per heavy atom. The molecule has 0 radical (unpaired) electrons. The monoisotopic (exact) mass is 462 g/mol. The molecule has 0 atom stereocenters. The van der Waals surface area contributed by atoms with Crippen LogP contribution >= 0.6 is 24.0 Å². The van der Waals surface area contributed by atoms with Gasteiger partial charge in [0.15, 0.2) is 5.96 Å². The van der Waals surface area contributed by atoms with Crippen molar-refractivity contribution in [1.29, 1.82) is 0 Å². The van der Waals surface area contributed by atoms with Crippen LogP contribution in [0.5, 0.6) is 0 Å². The molecule has 1 aromatic carbocycles. The molecule has 0 aliphatic rings. The average Bonchev–Trinajstić information content (AvgIpc) is 2.54. The van der Waals surface area contributed by atoms with Crippen LogP contribution in [0.4, 0.5) is 0 Å². The Morgan fingerprint density at radius 3 is 2.32 bits per heavy atom. The van der Waals surface area contributed by atoms with Gasteiger partial charge in [-0.25, -0.2) is 4.99 Å². The highest BCUT2D eigenvalue weighted by molar-refractivity contribution is 14.0. The summed E-state index contributed by atoms with van der Waals surface area (Å²) in [6, 6.07) is 6.33. The maximum absolute atomic E-state index is 11.7. The highest BCUT2D eigenvalue weighted by Crippen LogP contribution is 2.13. The molecule has 0 saturated heterocycles. The Bertz CT molecular complexity index is 542. The van der Waals surface area contributed by atoms with Gasteiger partial charge in [0.25, 0.3) is 0 Å². The summed E-state index contributed by atoms with van der Waals surface area (Å²) in [4.78, 5) is 17.6. The first-order valence-electron chi connectivity index (χ1n) is 8.22. The standard InChI is InChI=1S/C18H30N4O2.HI/c1-14-7-6-8-15(2)16(14)9-10-19-18(20-11-12-24-5)21-13-17(23)22(3)4;/h6-8H,9-13H2,1-5H3,(H2,19,20,21);1H. The first-order valence-corrected chi connectivity index (χ1v) is 8.22. The number of nitrogens with zero attached hydrogens (tertiary/aromatic N) is 2. The number of halogens is 1. The molecule has 0 saturated carbocycles. The van der Waals surface area contributed by atoms with Crippen molar-refractivity contribution in [2.45, 2.75) is 20.3 Å². The van der Waals surface area contributed by atoms with Gasteiger partial charge in [-0.05, 0) is 37.0 Å².